The summed E-state index contributed by atoms with van der Waals surface area (Å²) in [6, 6.07) is 18.3. The lowest BCUT2D eigenvalue weighted by Crippen LogP contribution is -2.28. The van der Waals surface area contributed by atoms with Gasteiger partial charge >= 0.3 is 18.1 Å². The summed E-state index contributed by atoms with van der Waals surface area (Å²) in [6.07, 6.45) is -1.21. The van der Waals surface area contributed by atoms with E-state index in [1.54, 1.807) is 36.4 Å². The van der Waals surface area contributed by atoms with Crippen molar-refractivity contribution in [3.05, 3.63) is 89.5 Å². The van der Waals surface area contributed by atoms with Gasteiger partial charge in [0.25, 0.3) is 0 Å². The summed E-state index contributed by atoms with van der Waals surface area (Å²) >= 11 is 0. The highest BCUT2D eigenvalue weighted by atomic mass is 35.5. The minimum atomic E-state index is -4.42. The lowest BCUT2D eigenvalue weighted by atomic mass is 9.82. The van der Waals surface area contributed by atoms with Gasteiger partial charge in [0.2, 0.25) is 0 Å². The molecule has 4 N–H and O–H groups in total. The minimum absolute atomic E-state index is 0. The number of aliphatic imine (C=N–C) groups is 1. The predicted octanol–water partition coefficient (Wildman–Crippen LogP) is 6.14. The van der Waals surface area contributed by atoms with Crippen LogP contribution in [-0.4, -0.2) is 24.4 Å². The van der Waals surface area contributed by atoms with E-state index in [1.165, 1.54) is 12.1 Å². The number of nitrogens with zero attached hydrogens (tertiary/aromatic N) is 1. The van der Waals surface area contributed by atoms with Gasteiger partial charge in [-0.1, -0.05) is 36.4 Å². The van der Waals surface area contributed by atoms with Crippen molar-refractivity contribution < 1.29 is 32.2 Å². The van der Waals surface area contributed by atoms with Crippen LogP contribution in [-0.2, 0) is 22.3 Å². The molecule has 3 aromatic carbocycles. The van der Waals surface area contributed by atoms with E-state index in [4.69, 9.17) is 20.9 Å². The lowest BCUT2D eigenvalue weighted by molar-refractivity contribution is -0.140. The standard InChI is InChI=1S/C30H30F3N3O4.ClH/c31-30(32,33)25-13-3-20(4-14-25)18-39-27(37)23-9-7-21(8-10-23)22-11-15-26(16-12-22)40-28(38)24-5-1-19(2-6-24)17-36-29(34)35;/h3-4,7-16,19,24H,1-2,5-6,17-18H2,(H4,34,35,36);1H. The molecule has 0 radical (unpaired) electrons. The van der Waals surface area contributed by atoms with Crippen LogP contribution in [0.2, 0.25) is 0 Å². The Balaban J connectivity index is 0.00000462. The number of ether oxygens (including phenoxy) is 2. The van der Waals surface area contributed by atoms with Crippen LogP contribution < -0.4 is 16.2 Å². The first-order chi connectivity index (χ1) is 19.1. The quantitative estimate of drug-likeness (QED) is 0.141. The smallest absolute Gasteiger partial charge is 0.416 e. The Morgan fingerprint density at radius 1 is 0.829 bits per heavy atom. The average molecular weight is 590 g/mol. The molecule has 1 aliphatic carbocycles. The third-order valence-corrected chi connectivity index (χ3v) is 6.89. The second-order valence-corrected chi connectivity index (χ2v) is 9.78. The maximum absolute atomic E-state index is 12.7. The highest BCUT2D eigenvalue weighted by Crippen LogP contribution is 2.31. The van der Waals surface area contributed by atoms with Gasteiger partial charge in [0.15, 0.2) is 5.96 Å². The Hall–Kier alpha value is -4.05. The van der Waals surface area contributed by atoms with Crippen LogP contribution in [0.5, 0.6) is 5.75 Å². The Bertz CT molecular complexity index is 1330. The number of hydrogen-bond donors (Lipinski definition) is 2. The molecule has 0 aliphatic heterocycles. The lowest BCUT2D eigenvalue weighted by Gasteiger charge is -2.26. The van der Waals surface area contributed by atoms with Gasteiger partial charge in [-0.05, 0) is 84.7 Å². The summed E-state index contributed by atoms with van der Waals surface area (Å²) < 4.78 is 48.9. The predicted molar refractivity (Wildman–Crippen MR) is 151 cm³/mol. The third kappa shape index (κ3) is 8.97. The Kier molecular flexibility index (Phi) is 10.8. The summed E-state index contributed by atoms with van der Waals surface area (Å²) in [5.74, 6) is -0.0660. The second kappa shape index (κ2) is 14.0. The van der Waals surface area contributed by atoms with Gasteiger partial charge in [0.05, 0.1) is 17.0 Å². The van der Waals surface area contributed by atoms with Gasteiger partial charge in [0, 0.05) is 6.54 Å². The normalized spacial score (nSPS) is 16.7. The summed E-state index contributed by atoms with van der Waals surface area (Å²) in [4.78, 5) is 29.1. The highest BCUT2D eigenvalue weighted by molar-refractivity contribution is 5.90. The zero-order chi connectivity index (χ0) is 28.7. The number of rotatable bonds is 8. The average Bonchev–Trinajstić information content (AvgIpc) is 2.95. The van der Waals surface area contributed by atoms with Crippen LogP contribution >= 0.6 is 12.4 Å². The first-order valence-corrected chi connectivity index (χ1v) is 12.9. The van der Waals surface area contributed by atoms with E-state index in [9.17, 15) is 22.8 Å². The van der Waals surface area contributed by atoms with Crippen molar-refractivity contribution in [2.45, 2.75) is 38.5 Å². The molecule has 0 saturated heterocycles. The summed E-state index contributed by atoms with van der Waals surface area (Å²) in [5.41, 5.74) is 12.5. The number of alkyl halides is 3. The number of carbonyl (C=O) groups excluding carboxylic acids is 2. The summed E-state index contributed by atoms with van der Waals surface area (Å²) in [7, 11) is 0. The molecule has 0 aromatic heterocycles. The SMILES string of the molecule is Cl.NC(N)=NCC1CCC(C(=O)Oc2ccc(-c3ccc(C(=O)OCc4ccc(C(F)(F)F)cc4)cc3)cc2)CC1. The van der Waals surface area contributed by atoms with Gasteiger partial charge in [-0.25, -0.2) is 4.79 Å². The molecule has 1 fully saturated rings. The zero-order valence-corrected chi connectivity index (χ0v) is 22.9. The fourth-order valence-corrected chi connectivity index (χ4v) is 4.55. The molecule has 41 heavy (non-hydrogen) atoms. The molecule has 11 heteroatoms. The minimum Gasteiger partial charge on any atom is -0.457 e. The number of guanidine groups is 1. The van der Waals surface area contributed by atoms with E-state index < -0.39 is 17.7 Å². The number of halogens is 4. The number of carbonyl (C=O) groups is 2. The molecule has 0 atom stereocenters. The second-order valence-electron chi connectivity index (χ2n) is 9.78. The number of benzene rings is 3. The van der Waals surface area contributed by atoms with Gasteiger partial charge in [-0.2, -0.15) is 13.2 Å². The maximum atomic E-state index is 12.7. The van der Waals surface area contributed by atoms with Crippen LogP contribution in [0.3, 0.4) is 0 Å². The maximum Gasteiger partial charge on any atom is 0.416 e. The molecule has 0 bridgehead atoms. The first-order valence-electron chi connectivity index (χ1n) is 12.9. The van der Waals surface area contributed by atoms with Crippen molar-refractivity contribution in [2.24, 2.45) is 28.3 Å². The molecule has 1 aliphatic rings. The van der Waals surface area contributed by atoms with Crippen molar-refractivity contribution >= 4 is 30.3 Å². The van der Waals surface area contributed by atoms with E-state index in [0.717, 1.165) is 48.9 Å². The Labute approximate surface area is 242 Å². The van der Waals surface area contributed by atoms with E-state index in [0.29, 0.717) is 29.3 Å². The van der Waals surface area contributed by atoms with Crippen LogP contribution in [0.25, 0.3) is 11.1 Å². The molecule has 218 valence electrons. The molecule has 0 amide bonds. The van der Waals surface area contributed by atoms with Crippen LogP contribution in [0.1, 0.15) is 47.2 Å². The molecule has 0 heterocycles. The van der Waals surface area contributed by atoms with E-state index >= 15 is 0 Å². The molecule has 3 aromatic rings. The fraction of sp³-hybridized carbons (Fsp3) is 0.300. The Morgan fingerprint density at radius 2 is 1.39 bits per heavy atom. The van der Waals surface area contributed by atoms with Gasteiger partial charge in [-0.15, -0.1) is 12.4 Å². The molecule has 4 rings (SSSR count). The van der Waals surface area contributed by atoms with E-state index in [1.807, 2.05) is 12.1 Å². The van der Waals surface area contributed by atoms with Crippen LogP contribution in [0, 0.1) is 11.8 Å². The first kappa shape index (κ1) is 31.5. The molecular weight excluding hydrogens is 559 g/mol. The highest BCUT2D eigenvalue weighted by Gasteiger charge is 2.30. The van der Waals surface area contributed by atoms with Gasteiger partial charge in [0.1, 0.15) is 12.4 Å². The number of hydrogen-bond acceptors (Lipinski definition) is 5. The fourth-order valence-electron chi connectivity index (χ4n) is 4.55. The monoisotopic (exact) mass is 589 g/mol. The molecule has 0 spiro atoms. The number of esters is 2. The van der Waals surface area contributed by atoms with E-state index in [-0.39, 0.29) is 36.9 Å². The topological polar surface area (TPSA) is 117 Å². The van der Waals surface area contributed by atoms with Crippen molar-refractivity contribution in [1.82, 2.24) is 0 Å². The van der Waals surface area contributed by atoms with Crippen molar-refractivity contribution in [1.29, 1.82) is 0 Å². The summed E-state index contributed by atoms with van der Waals surface area (Å²) in [5, 5.41) is 0. The molecule has 0 unspecified atom stereocenters. The largest absolute Gasteiger partial charge is 0.457 e. The van der Waals surface area contributed by atoms with Crippen LogP contribution in [0.4, 0.5) is 13.2 Å². The van der Waals surface area contributed by atoms with Crippen molar-refractivity contribution in [3.63, 3.8) is 0 Å². The summed E-state index contributed by atoms with van der Waals surface area (Å²) in [6.45, 7) is 0.439. The third-order valence-electron chi connectivity index (χ3n) is 6.89. The molecule has 1 saturated carbocycles. The number of nitrogens with two attached hydrogens (primary N) is 2. The van der Waals surface area contributed by atoms with Gasteiger partial charge < -0.3 is 20.9 Å². The van der Waals surface area contributed by atoms with E-state index in [2.05, 4.69) is 4.99 Å². The van der Waals surface area contributed by atoms with Crippen LogP contribution in [0.15, 0.2) is 77.8 Å². The van der Waals surface area contributed by atoms with Gasteiger partial charge in [-0.3, -0.25) is 9.79 Å². The van der Waals surface area contributed by atoms with Crippen molar-refractivity contribution in [3.8, 4) is 16.9 Å². The molecule has 7 nitrogen and oxygen atoms in total. The Morgan fingerprint density at radius 3 is 1.93 bits per heavy atom. The van der Waals surface area contributed by atoms with Crippen molar-refractivity contribution in [2.75, 3.05) is 6.54 Å². The molecular formula is C30H31ClF3N3O4. The zero-order valence-electron chi connectivity index (χ0n) is 22.1.